The van der Waals surface area contributed by atoms with E-state index in [0.29, 0.717) is 12.8 Å². The predicted molar refractivity (Wildman–Crippen MR) is 98.6 cm³/mol. The zero-order valence-electron chi connectivity index (χ0n) is 14.9. The SMILES string of the molecule is COC(=O)CCCCCCC1C(Cl)CC(O)C1c1ccc(CO)cc1. The smallest absolute Gasteiger partial charge is 0.305 e. The van der Waals surface area contributed by atoms with E-state index in [0.717, 1.165) is 43.2 Å². The number of esters is 1. The summed E-state index contributed by atoms with van der Waals surface area (Å²) in [6.45, 7) is 0.0284. The van der Waals surface area contributed by atoms with Crippen molar-refractivity contribution in [3.63, 3.8) is 0 Å². The van der Waals surface area contributed by atoms with Crippen molar-refractivity contribution in [3.05, 3.63) is 35.4 Å². The van der Waals surface area contributed by atoms with Gasteiger partial charge in [-0.05, 0) is 36.3 Å². The summed E-state index contributed by atoms with van der Waals surface area (Å²) in [6.07, 6.45) is 5.65. The Balaban J connectivity index is 1.85. The molecular weight excluding hydrogens is 340 g/mol. The number of aliphatic hydroxyl groups excluding tert-OH is 2. The summed E-state index contributed by atoms with van der Waals surface area (Å²) in [4.78, 5) is 11.1. The monoisotopic (exact) mass is 368 g/mol. The fourth-order valence-corrected chi connectivity index (χ4v) is 4.31. The number of hydrogen-bond donors (Lipinski definition) is 2. The van der Waals surface area contributed by atoms with Gasteiger partial charge in [0.25, 0.3) is 0 Å². The highest BCUT2D eigenvalue weighted by molar-refractivity contribution is 6.21. The number of halogens is 1. The molecule has 0 heterocycles. The molecule has 140 valence electrons. The number of carbonyl (C=O) groups is 1. The van der Waals surface area contributed by atoms with Gasteiger partial charge in [-0.25, -0.2) is 0 Å². The molecule has 0 spiro atoms. The molecule has 0 saturated heterocycles. The van der Waals surface area contributed by atoms with Gasteiger partial charge in [0, 0.05) is 17.7 Å². The van der Waals surface area contributed by atoms with Crippen LogP contribution in [-0.4, -0.2) is 34.8 Å². The number of unbranched alkanes of at least 4 members (excludes halogenated alkanes) is 3. The van der Waals surface area contributed by atoms with Crippen molar-refractivity contribution in [1.29, 1.82) is 0 Å². The van der Waals surface area contributed by atoms with Crippen LogP contribution >= 0.6 is 11.6 Å². The number of rotatable bonds is 9. The van der Waals surface area contributed by atoms with Gasteiger partial charge >= 0.3 is 5.97 Å². The van der Waals surface area contributed by atoms with Crippen LogP contribution in [0.3, 0.4) is 0 Å². The first-order chi connectivity index (χ1) is 12.1. The van der Waals surface area contributed by atoms with E-state index in [9.17, 15) is 15.0 Å². The fourth-order valence-electron chi connectivity index (χ4n) is 3.84. The molecule has 0 aromatic heterocycles. The van der Waals surface area contributed by atoms with Crippen molar-refractivity contribution in [2.24, 2.45) is 5.92 Å². The molecule has 0 radical (unpaired) electrons. The number of carbonyl (C=O) groups excluding carboxylic acids is 1. The van der Waals surface area contributed by atoms with Crippen LogP contribution in [-0.2, 0) is 16.1 Å². The number of alkyl halides is 1. The van der Waals surface area contributed by atoms with Gasteiger partial charge in [-0.3, -0.25) is 4.79 Å². The zero-order chi connectivity index (χ0) is 18.2. The van der Waals surface area contributed by atoms with Gasteiger partial charge in [0.15, 0.2) is 0 Å². The van der Waals surface area contributed by atoms with Gasteiger partial charge in [-0.2, -0.15) is 0 Å². The summed E-state index contributed by atoms with van der Waals surface area (Å²) in [7, 11) is 1.42. The topological polar surface area (TPSA) is 66.8 Å². The number of ether oxygens (including phenoxy) is 1. The highest BCUT2D eigenvalue weighted by Crippen LogP contribution is 2.45. The molecule has 1 saturated carbocycles. The van der Waals surface area contributed by atoms with Crippen LogP contribution in [0.4, 0.5) is 0 Å². The van der Waals surface area contributed by atoms with E-state index < -0.39 is 6.10 Å². The molecule has 1 fully saturated rings. The lowest BCUT2D eigenvalue weighted by Gasteiger charge is -2.24. The number of benzene rings is 1. The van der Waals surface area contributed by atoms with Crippen LogP contribution in [0.5, 0.6) is 0 Å². The van der Waals surface area contributed by atoms with Crippen LogP contribution in [0.1, 0.15) is 62.0 Å². The fraction of sp³-hybridized carbons (Fsp3) is 0.650. The normalized spacial score (nSPS) is 25.9. The zero-order valence-corrected chi connectivity index (χ0v) is 15.6. The Morgan fingerprint density at radius 2 is 1.88 bits per heavy atom. The molecule has 25 heavy (non-hydrogen) atoms. The van der Waals surface area contributed by atoms with Gasteiger partial charge in [-0.15, -0.1) is 11.6 Å². The van der Waals surface area contributed by atoms with Crippen LogP contribution in [0, 0.1) is 5.92 Å². The Hall–Kier alpha value is -1.10. The Kier molecular flexibility index (Phi) is 8.20. The van der Waals surface area contributed by atoms with E-state index >= 15 is 0 Å². The van der Waals surface area contributed by atoms with Crippen LogP contribution in [0.2, 0.25) is 0 Å². The lowest BCUT2D eigenvalue weighted by atomic mass is 9.84. The maximum Gasteiger partial charge on any atom is 0.305 e. The molecule has 5 heteroatoms. The van der Waals surface area contributed by atoms with Crippen molar-refractivity contribution in [2.45, 2.75) is 69.0 Å². The molecular formula is C20H29ClO4. The molecule has 1 aromatic carbocycles. The summed E-state index contributed by atoms with van der Waals surface area (Å²) in [5.74, 6) is 0.175. The van der Waals surface area contributed by atoms with Crippen molar-refractivity contribution in [1.82, 2.24) is 0 Å². The Labute approximate surface area is 155 Å². The summed E-state index contributed by atoms with van der Waals surface area (Å²) < 4.78 is 4.64. The number of hydrogen-bond acceptors (Lipinski definition) is 4. The molecule has 4 nitrogen and oxygen atoms in total. The standard InChI is InChI=1S/C20H29ClO4/c1-25-19(24)7-5-3-2-4-6-16-17(21)12-18(23)20(16)15-10-8-14(13-22)9-11-15/h8-11,16-18,20,22-23H,2-7,12-13H2,1H3. The molecule has 0 amide bonds. The first-order valence-electron chi connectivity index (χ1n) is 9.15. The molecule has 0 aliphatic heterocycles. The van der Waals surface area contributed by atoms with E-state index in [1.54, 1.807) is 0 Å². The van der Waals surface area contributed by atoms with Gasteiger partial charge in [0.05, 0.1) is 19.8 Å². The summed E-state index contributed by atoms with van der Waals surface area (Å²) in [6, 6.07) is 7.82. The van der Waals surface area contributed by atoms with Gasteiger partial charge in [0.2, 0.25) is 0 Å². The predicted octanol–water partition coefficient (Wildman–Crippen LogP) is 3.76. The quantitative estimate of drug-likeness (QED) is 0.395. The summed E-state index contributed by atoms with van der Waals surface area (Å²) in [5.41, 5.74) is 1.98. The van der Waals surface area contributed by atoms with Crippen molar-refractivity contribution < 1.29 is 19.7 Å². The molecule has 2 N–H and O–H groups in total. The Bertz CT molecular complexity index is 531. The second-order valence-electron chi connectivity index (χ2n) is 6.94. The minimum absolute atomic E-state index is 0.00686. The van der Waals surface area contributed by atoms with E-state index in [1.165, 1.54) is 7.11 Å². The van der Waals surface area contributed by atoms with E-state index in [1.807, 2.05) is 24.3 Å². The van der Waals surface area contributed by atoms with Crippen molar-refractivity contribution in [2.75, 3.05) is 7.11 Å². The van der Waals surface area contributed by atoms with Crippen LogP contribution in [0.25, 0.3) is 0 Å². The second-order valence-corrected chi connectivity index (χ2v) is 7.50. The highest BCUT2D eigenvalue weighted by Gasteiger charge is 2.41. The molecule has 4 unspecified atom stereocenters. The van der Waals surface area contributed by atoms with Crippen molar-refractivity contribution >= 4 is 17.6 Å². The minimum Gasteiger partial charge on any atom is -0.469 e. The largest absolute Gasteiger partial charge is 0.469 e. The molecule has 1 aliphatic rings. The summed E-state index contributed by atoms with van der Waals surface area (Å²) in [5, 5.41) is 19.6. The molecule has 0 bridgehead atoms. The van der Waals surface area contributed by atoms with Crippen molar-refractivity contribution in [3.8, 4) is 0 Å². The van der Waals surface area contributed by atoms with E-state index in [4.69, 9.17) is 11.6 Å². The lowest BCUT2D eigenvalue weighted by molar-refractivity contribution is -0.140. The third-order valence-corrected chi connectivity index (χ3v) is 5.75. The molecule has 2 rings (SSSR count). The van der Waals surface area contributed by atoms with E-state index in [-0.39, 0.29) is 29.8 Å². The summed E-state index contributed by atoms with van der Waals surface area (Å²) >= 11 is 6.52. The molecule has 1 aliphatic carbocycles. The Morgan fingerprint density at radius 1 is 1.20 bits per heavy atom. The second kappa shape index (κ2) is 10.1. The number of aliphatic hydroxyl groups is 2. The highest BCUT2D eigenvalue weighted by atomic mass is 35.5. The van der Waals surface area contributed by atoms with E-state index in [2.05, 4.69) is 4.74 Å². The first kappa shape index (κ1) is 20.2. The average molecular weight is 369 g/mol. The lowest BCUT2D eigenvalue weighted by Crippen LogP contribution is -2.19. The minimum atomic E-state index is -0.410. The number of methoxy groups -OCH3 is 1. The van der Waals surface area contributed by atoms with Gasteiger partial charge in [0.1, 0.15) is 0 Å². The van der Waals surface area contributed by atoms with Crippen LogP contribution < -0.4 is 0 Å². The maximum absolute atomic E-state index is 11.1. The van der Waals surface area contributed by atoms with Gasteiger partial charge in [-0.1, -0.05) is 43.5 Å². The van der Waals surface area contributed by atoms with Crippen LogP contribution in [0.15, 0.2) is 24.3 Å². The first-order valence-corrected chi connectivity index (χ1v) is 9.59. The molecule has 1 aromatic rings. The molecule has 4 atom stereocenters. The Morgan fingerprint density at radius 3 is 2.52 bits per heavy atom. The average Bonchev–Trinajstić information content (AvgIpc) is 2.91. The van der Waals surface area contributed by atoms with Gasteiger partial charge < -0.3 is 14.9 Å². The maximum atomic E-state index is 11.1. The third kappa shape index (κ3) is 5.70. The third-order valence-electron chi connectivity index (χ3n) is 5.25.